The molecule has 3 aliphatic rings. The minimum Gasteiger partial charge on any atom is -0.459 e. The van der Waals surface area contributed by atoms with E-state index in [4.69, 9.17) is 9.15 Å². The zero-order valence-corrected chi connectivity index (χ0v) is 17.4. The van der Waals surface area contributed by atoms with E-state index in [-0.39, 0.29) is 23.0 Å². The topological polar surface area (TPSA) is 92.0 Å². The fourth-order valence-corrected chi connectivity index (χ4v) is 5.38. The molecule has 4 rings (SSSR count). The van der Waals surface area contributed by atoms with Crippen molar-refractivity contribution >= 4 is 11.8 Å². The van der Waals surface area contributed by atoms with Crippen LogP contribution in [0, 0.1) is 5.41 Å². The third-order valence-electron chi connectivity index (χ3n) is 7.38. The Labute approximate surface area is 171 Å². The van der Waals surface area contributed by atoms with Crippen molar-refractivity contribution in [2.45, 2.75) is 76.0 Å². The van der Waals surface area contributed by atoms with Gasteiger partial charge in [0.15, 0.2) is 5.76 Å². The molecule has 29 heavy (non-hydrogen) atoms. The van der Waals surface area contributed by atoms with Crippen LogP contribution < -0.4 is 5.32 Å². The van der Waals surface area contributed by atoms with E-state index >= 15 is 0 Å². The summed E-state index contributed by atoms with van der Waals surface area (Å²) in [6.07, 6.45) is 6.42. The van der Waals surface area contributed by atoms with Gasteiger partial charge in [0, 0.05) is 25.1 Å². The van der Waals surface area contributed by atoms with Crippen molar-refractivity contribution < 1.29 is 23.8 Å². The van der Waals surface area contributed by atoms with E-state index in [9.17, 15) is 14.7 Å². The molecule has 2 atom stereocenters. The number of likely N-dealkylation sites (tertiary alicyclic amines) is 1. The lowest BCUT2D eigenvalue weighted by Gasteiger charge is -2.53. The SMILES string of the molecule is CC1(C(=O)N2CCC3(CC2)OCC[C@](C)(NC(=O)c2ccco2)[C@H]3O)CCCC1. The van der Waals surface area contributed by atoms with Crippen molar-refractivity contribution in [1.82, 2.24) is 10.2 Å². The molecule has 3 fully saturated rings. The summed E-state index contributed by atoms with van der Waals surface area (Å²) in [5.41, 5.74) is -1.79. The molecule has 3 heterocycles. The molecule has 1 aromatic heterocycles. The average Bonchev–Trinajstić information content (AvgIpc) is 3.39. The van der Waals surface area contributed by atoms with Gasteiger partial charge < -0.3 is 24.5 Å². The molecule has 1 aliphatic carbocycles. The van der Waals surface area contributed by atoms with Crippen LogP contribution in [0.15, 0.2) is 22.8 Å². The summed E-state index contributed by atoms with van der Waals surface area (Å²) in [5.74, 6) is 0.128. The molecule has 2 amide bonds. The highest BCUT2D eigenvalue weighted by molar-refractivity contribution is 5.92. The lowest BCUT2D eigenvalue weighted by molar-refractivity contribution is -0.207. The number of aliphatic hydroxyl groups is 1. The predicted octanol–water partition coefficient (Wildman–Crippen LogP) is 2.49. The second kappa shape index (κ2) is 7.43. The minimum atomic E-state index is -0.859. The Morgan fingerprint density at radius 1 is 1.14 bits per heavy atom. The highest BCUT2D eigenvalue weighted by Crippen LogP contribution is 2.43. The summed E-state index contributed by atoms with van der Waals surface area (Å²) in [6, 6.07) is 3.27. The molecule has 0 aromatic carbocycles. The summed E-state index contributed by atoms with van der Waals surface area (Å²) in [5, 5.41) is 14.2. The normalized spacial score (nSPS) is 31.0. The van der Waals surface area contributed by atoms with Crippen molar-refractivity contribution in [2.24, 2.45) is 5.41 Å². The van der Waals surface area contributed by atoms with E-state index in [0.717, 1.165) is 25.7 Å². The molecule has 7 nitrogen and oxygen atoms in total. The van der Waals surface area contributed by atoms with Gasteiger partial charge in [0.05, 0.1) is 17.4 Å². The average molecular weight is 405 g/mol. The Hall–Kier alpha value is -1.86. The van der Waals surface area contributed by atoms with Gasteiger partial charge in [-0.2, -0.15) is 0 Å². The third-order valence-corrected chi connectivity index (χ3v) is 7.38. The monoisotopic (exact) mass is 404 g/mol. The number of furan rings is 1. The summed E-state index contributed by atoms with van der Waals surface area (Å²) in [7, 11) is 0. The number of rotatable bonds is 3. The van der Waals surface area contributed by atoms with Crippen LogP contribution >= 0.6 is 0 Å². The molecule has 1 saturated carbocycles. The maximum Gasteiger partial charge on any atom is 0.287 e. The first-order valence-electron chi connectivity index (χ1n) is 10.8. The zero-order valence-electron chi connectivity index (χ0n) is 17.4. The second-order valence-corrected chi connectivity index (χ2v) is 9.47. The number of nitrogens with one attached hydrogen (secondary N) is 1. The number of hydrogen-bond donors (Lipinski definition) is 2. The van der Waals surface area contributed by atoms with E-state index < -0.39 is 17.2 Å². The molecule has 0 unspecified atom stereocenters. The van der Waals surface area contributed by atoms with E-state index in [1.54, 1.807) is 12.1 Å². The molecule has 1 aromatic rings. The first-order valence-corrected chi connectivity index (χ1v) is 10.8. The van der Waals surface area contributed by atoms with Crippen molar-refractivity contribution in [3.63, 3.8) is 0 Å². The lowest BCUT2D eigenvalue weighted by Crippen LogP contribution is -2.69. The molecule has 2 saturated heterocycles. The minimum absolute atomic E-state index is 0.226. The Morgan fingerprint density at radius 2 is 1.83 bits per heavy atom. The summed E-state index contributed by atoms with van der Waals surface area (Å²) in [4.78, 5) is 27.5. The number of carbonyl (C=O) groups is 2. The fourth-order valence-electron chi connectivity index (χ4n) is 5.38. The molecule has 7 heteroatoms. The molecular formula is C22H32N2O5. The van der Waals surface area contributed by atoms with Gasteiger partial charge in [0.1, 0.15) is 6.10 Å². The van der Waals surface area contributed by atoms with Crippen LogP contribution in [-0.4, -0.2) is 58.8 Å². The van der Waals surface area contributed by atoms with Crippen molar-refractivity contribution in [3.05, 3.63) is 24.2 Å². The number of carbonyl (C=O) groups excluding carboxylic acids is 2. The Morgan fingerprint density at radius 3 is 2.45 bits per heavy atom. The van der Waals surface area contributed by atoms with Crippen LogP contribution in [0.5, 0.6) is 0 Å². The Bertz CT molecular complexity index is 747. The van der Waals surface area contributed by atoms with E-state index in [1.807, 2.05) is 11.8 Å². The Balaban J connectivity index is 1.43. The smallest absolute Gasteiger partial charge is 0.287 e. The van der Waals surface area contributed by atoms with E-state index in [0.29, 0.717) is 39.0 Å². The van der Waals surface area contributed by atoms with Crippen molar-refractivity contribution in [1.29, 1.82) is 0 Å². The highest BCUT2D eigenvalue weighted by Gasteiger charge is 2.55. The molecule has 0 bridgehead atoms. The first-order chi connectivity index (χ1) is 13.8. The Kier molecular flexibility index (Phi) is 5.23. The number of hydrogen-bond acceptors (Lipinski definition) is 5. The van der Waals surface area contributed by atoms with Crippen LogP contribution in [0.4, 0.5) is 0 Å². The quantitative estimate of drug-likeness (QED) is 0.808. The van der Waals surface area contributed by atoms with Gasteiger partial charge in [-0.15, -0.1) is 0 Å². The van der Waals surface area contributed by atoms with Gasteiger partial charge in [0.2, 0.25) is 5.91 Å². The van der Waals surface area contributed by atoms with Crippen LogP contribution in [0.3, 0.4) is 0 Å². The number of ether oxygens (including phenoxy) is 1. The van der Waals surface area contributed by atoms with Gasteiger partial charge >= 0.3 is 0 Å². The van der Waals surface area contributed by atoms with Gasteiger partial charge in [-0.3, -0.25) is 9.59 Å². The lowest BCUT2D eigenvalue weighted by atomic mass is 9.72. The molecule has 160 valence electrons. The first kappa shape index (κ1) is 20.4. The second-order valence-electron chi connectivity index (χ2n) is 9.47. The fraction of sp³-hybridized carbons (Fsp3) is 0.727. The van der Waals surface area contributed by atoms with E-state index in [2.05, 4.69) is 12.2 Å². The number of piperidine rings is 1. The molecule has 1 spiro atoms. The molecule has 2 N–H and O–H groups in total. The van der Waals surface area contributed by atoms with Crippen molar-refractivity contribution in [3.8, 4) is 0 Å². The number of amides is 2. The van der Waals surface area contributed by atoms with Gasteiger partial charge in [-0.05, 0) is 51.2 Å². The summed E-state index contributed by atoms with van der Waals surface area (Å²) in [6.45, 7) is 5.55. The summed E-state index contributed by atoms with van der Waals surface area (Å²) < 4.78 is 11.3. The molecule has 2 aliphatic heterocycles. The predicted molar refractivity (Wildman–Crippen MR) is 106 cm³/mol. The van der Waals surface area contributed by atoms with Crippen LogP contribution in [-0.2, 0) is 9.53 Å². The van der Waals surface area contributed by atoms with Crippen molar-refractivity contribution in [2.75, 3.05) is 19.7 Å². The van der Waals surface area contributed by atoms with Crippen LogP contribution in [0.2, 0.25) is 0 Å². The van der Waals surface area contributed by atoms with Crippen LogP contribution in [0.1, 0.15) is 69.3 Å². The van der Waals surface area contributed by atoms with Crippen LogP contribution in [0.25, 0.3) is 0 Å². The van der Waals surface area contributed by atoms with Gasteiger partial charge in [-0.25, -0.2) is 0 Å². The molecule has 0 radical (unpaired) electrons. The van der Waals surface area contributed by atoms with Gasteiger partial charge in [-0.1, -0.05) is 19.8 Å². The maximum absolute atomic E-state index is 13.0. The van der Waals surface area contributed by atoms with Gasteiger partial charge in [0.25, 0.3) is 5.91 Å². The summed E-state index contributed by atoms with van der Waals surface area (Å²) >= 11 is 0. The largest absolute Gasteiger partial charge is 0.459 e. The highest BCUT2D eigenvalue weighted by atomic mass is 16.5. The molecular weight excluding hydrogens is 372 g/mol. The third kappa shape index (κ3) is 3.59. The maximum atomic E-state index is 13.0. The zero-order chi connectivity index (χ0) is 20.7. The number of nitrogens with zero attached hydrogens (tertiary/aromatic N) is 1. The van der Waals surface area contributed by atoms with E-state index in [1.165, 1.54) is 6.26 Å². The number of aliphatic hydroxyl groups excluding tert-OH is 1. The standard InChI is InChI=1S/C22H32N2O5/c1-20(7-3-4-8-20)19(27)24-12-9-22(10-13-24)18(26)21(2,11-15-29-22)23-17(25)16-6-5-14-28-16/h5-6,14,18,26H,3-4,7-13,15H2,1-2H3,(H,23,25)/t18-,21+/m1/s1.